The van der Waals surface area contributed by atoms with Gasteiger partial charge in [0.05, 0.1) is 6.61 Å². The second-order valence-electron chi connectivity index (χ2n) is 3.65. The van der Waals surface area contributed by atoms with Crippen LogP contribution in [-0.2, 0) is 16.0 Å². The summed E-state index contributed by atoms with van der Waals surface area (Å²) in [6, 6.07) is 5.79. The van der Waals surface area contributed by atoms with Crippen molar-refractivity contribution in [1.82, 2.24) is 0 Å². The zero-order valence-electron chi connectivity index (χ0n) is 9.33. The van der Waals surface area contributed by atoms with E-state index in [0.29, 0.717) is 6.61 Å². The summed E-state index contributed by atoms with van der Waals surface area (Å²) in [7, 11) is 0. The van der Waals surface area contributed by atoms with E-state index in [1.54, 1.807) is 0 Å². The number of benzene rings is 1. The molecule has 2 N–H and O–H groups in total. The second kappa shape index (κ2) is 6.53. The Bertz CT molecular complexity index is 366. The van der Waals surface area contributed by atoms with Crippen molar-refractivity contribution < 1.29 is 9.53 Å². The van der Waals surface area contributed by atoms with E-state index in [1.165, 1.54) is 12.5 Å². The number of ether oxygens (including phenoxy) is 1. The summed E-state index contributed by atoms with van der Waals surface area (Å²) in [4.78, 5) is 10.5. The molecule has 4 heteroatoms. The Morgan fingerprint density at radius 1 is 1.44 bits per heavy atom. The van der Waals surface area contributed by atoms with Gasteiger partial charge < -0.3 is 10.5 Å². The molecule has 0 heterocycles. The molecule has 0 atom stereocenters. The lowest BCUT2D eigenvalue weighted by molar-refractivity contribution is -0.141. The van der Waals surface area contributed by atoms with Crippen LogP contribution >= 0.6 is 15.9 Å². The SMILES string of the molecule is CC(=O)OCCCCc1cc(N)ccc1Br. The number of hydrogen-bond donors (Lipinski definition) is 1. The molecule has 3 nitrogen and oxygen atoms in total. The highest BCUT2D eigenvalue weighted by Crippen LogP contribution is 2.21. The lowest BCUT2D eigenvalue weighted by Gasteiger charge is -2.06. The van der Waals surface area contributed by atoms with Crippen molar-refractivity contribution in [3.05, 3.63) is 28.2 Å². The van der Waals surface area contributed by atoms with Gasteiger partial charge in [-0.15, -0.1) is 0 Å². The first-order valence-electron chi connectivity index (χ1n) is 5.27. The Balaban J connectivity index is 2.31. The van der Waals surface area contributed by atoms with Crippen LogP contribution in [0.15, 0.2) is 22.7 Å². The highest BCUT2D eigenvalue weighted by molar-refractivity contribution is 9.10. The van der Waals surface area contributed by atoms with Crippen LogP contribution in [-0.4, -0.2) is 12.6 Å². The molecule has 0 amide bonds. The second-order valence-corrected chi connectivity index (χ2v) is 4.50. The van der Waals surface area contributed by atoms with Gasteiger partial charge in [-0.1, -0.05) is 15.9 Å². The molecule has 1 aromatic carbocycles. The third-order valence-corrected chi connectivity index (χ3v) is 2.99. The zero-order chi connectivity index (χ0) is 12.0. The summed E-state index contributed by atoms with van der Waals surface area (Å²) in [6.07, 6.45) is 2.79. The highest BCUT2D eigenvalue weighted by Gasteiger charge is 2.01. The topological polar surface area (TPSA) is 52.3 Å². The third-order valence-electron chi connectivity index (χ3n) is 2.22. The fourth-order valence-corrected chi connectivity index (χ4v) is 1.86. The lowest BCUT2D eigenvalue weighted by atomic mass is 10.1. The monoisotopic (exact) mass is 285 g/mol. The van der Waals surface area contributed by atoms with Gasteiger partial charge in [0, 0.05) is 17.1 Å². The van der Waals surface area contributed by atoms with E-state index >= 15 is 0 Å². The van der Waals surface area contributed by atoms with E-state index < -0.39 is 0 Å². The molecule has 0 spiro atoms. The van der Waals surface area contributed by atoms with Crippen LogP contribution in [0.3, 0.4) is 0 Å². The minimum Gasteiger partial charge on any atom is -0.466 e. The number of esters is 1. The number of rotatable bonds is 5. The molecule has 0 saturated heterocycles. The van der Waals surface area contributed by atoms with Crippen LogP contribution in [0.2, 0.25) is 0 Å². The molecule has 0 saturated carbocycles. The Morgan fingerprint density at radius 2 is 2.19 bits per heavy atom. The molecule has 1 aromatic rings. The zero-order valence-corrected chi connectivity index (χ0v) is 10.9. The molecule has 0 unspecified atom stereocenters. The molecule has 0 aliphatic heterocycles. The molecule has 88 valence electrons. The van der Waals surface area contributed by atoms with Gasteiger partial charge in [-0.3, -0.25) is 4.79 Å². The third kappa shape index (κ3) is 4.66. The first-order valence-corrected chi connectivity index (χ1v) is 6.06. The molecule has 0 radical (unpaired) electrons. The van der Waals surface area contributed by atoms with Gasteiger partial charge >= 0.3 is 5.97 Å². The summed E-state index contributed by atoms with van der Waals surface area (Å²) in [5.74, 6) is -0.217. The van der Waals surface area contributed by atoms with Crippen LogP contribution in [0.4, 0.5) is 5.69 Å². The quantitative estimate of drug-likeness (QED) is 0.514. The number of aryl methyl sites for hydroxylation is 1. The first-order chi connectivity index (χ1) is 7.59. The number of carbonyl (C=O) groups is 1. The van der Waals surface area contributed by atoms with Crippen LogP contribution in [0.1, 0.15) is 25.3 Å². The van der Waals surface area contributed by atoms with Gasteiger partial charge in [-0.05, 0) is 43.0 Å². The fraction of sp³-hybridized carbons (Fsp3) is 0.417. The standard InChI is InChI=1S/C12H16BrNO2/c1-9(15)16-7-3-2-4-10-8-11(14)5-6-12(10)13/h5-6,8H,2-4,7,14H2,1H3. The van der Waals surface area contributed by atoms with Crippen molar-refractivity contribution in [2.45, 2.75) is 26.2 Å². The molecule has 0 aliphatic rings. The van der Waals surface area contributed by atoms with Gasteiger partial charge in [-0.25, -0.2) is 0 Å². The van der Waals surface area contributed by atoms with Crippen molar-refractivity contribution in [3.8, 4) is 0 Å². The Morgan fingerprint density at radius 3 is 2.88 bits per heavy atom. The molecule has 0 aromatic heterocycles. The van der Waals surface area contributed by atoms with Gasteiger partial charge in [-0.2, -0.15) is 0 Å². The normalized spacial score (nSPS) is 10.1. The summed E-state index contributed by atoms with van der Waals surface area (Å²) in [5, 5.41) is 0. The van der Waals surface area contributed by atoms with Crippen LogP contribution in [0, 0.1) is 0 Å². The number of anilines is 1. The van der Waals surface area contributed by atoms with E-state index in [1.807, 2.05) is 18.2 Å². The van der Waals surface area contributed by atoms with Crippen LogP contribution < -0.4 is 5.73 Å². The predicted octanol–water partition coefficient (Wildman–Crippen LogP) is 2.92. The van der Waals surface area contributed by atoms with Crippen molar-refractivity contribution in [2.75, 3.05) is 12.3 Å². The van der Waals surface area contributed by atoms with E-state index in [9.17, 15) is 4.79 Å². The number of hydrogen-bond acceptors (Lipinski definition) is 3. The summed E-state index contributed by atoms with van der Waals surface area (Å²) in [5.41, 5.74) is 7.68. The smallest absolute Gasteiger partial charge is 0.302 e. The molecule has 16 heavy (non-hydrogen) atoms. The fourth-order valence-electron chi connectivity index (χ4n) is 1.42. The van der Waals surface area contributed by atoms with E-state index in [4.69, 9.17) is 10.5 Å². The van der Waals surface area contributed by atoms with Gasteiger partial charge in [0.1, 0.15) is 0 Å². The predicted molar refractivity (Wildman–Crippen MR) is 68.1 cm³/mol. The molecular weight excluding hydrogens is 270 g/mol. The summed E-state index contributed by atoms with van der Waals surface area (Å²) >= 11 is 3.48. The number of nitrogens with two attached hydrogens (primary N) is 1. The average molecular weight is 286 g/mol. The molecule has 0 aliphatic carbocycles. The van der Waals surface area contributed by atoms with Gasteiger partial charge in [0.2, 0.25) is 0 Å². The van der Waals surface area contributed by atoms with Crippen LogP contribution in [0.25, 0.3) is 0 Å². The Kier molecular flexibility index (Phi) is 5.32. The maximum atomic E-state index is 10.5. The Labute approximate surface area is 104 Å². The first kappa shape index (κ1) is 13.0. The van der Waals surface area contributed by atoms with Crippen LogP contribution in [0.5, 0.6) is 0 Å². The molecule has 0 fully saturated rings. The maximum Gasteiger partial charge on any atom is 0.302 e. The molecular formula is C12H16BrNO2. The minimum atomic E-state index is -0.217. The largest absolute Gasteiger partial charge is 0.466 e. The maximum absolute atomic E-state index is 10.5. The number of halogens is 1. The summed E-state index contributed by atoms with van der Waals surface area (Å²) < 4.78 is 5.94. The van der Waals surface area contributed by atoms with Crippen molar-refractivity contribution in [3.63, 3.8) is 0 Å². The average Bonchev–Trinajstić information content (AvgIpc) is 2.22. The molecule has 0 bridgehead atoms. The lowest BCUT2D eigenvalue weighted by Crippen LogP contribution is -2.01. The van der Waals surface area contributed by atoms with Gasteiger partial charge in [0.25, 0.3) is 0 Å². The van der Waals surface area contributed by atoms with Gasteiger partial charge in [0.15, 0.2) is 0 Å². The highest BCUT2D eigenvalue weighted by atomic mass is 79.9. The van der Waals surface area contributed by atoms with E-state index in [2.05, 4.69) is 15.9 Å². The van der Waals surface area contributed by atoms with Crippen molar-refractivity contribution >= 4 is 27.6 Å². The van der Waals surface area contributed by atoms with E-state index in [0.717, 1.165) is 29.4 Å². The molecule has 1 rings (SSSR count). The minimum absolute atomic E-state index is 0.217. The van der Waals surface area contributed by atoms with Crippen molar-refractivity contribution in [2.24, 2.45) is 0 Å². The Hall–Kier alpha value is -1.03. The number of carbonyl (C=O) groups excluding carboxylic acids is 1. The van der Waals surface area contributed by atoms with E-state index in [-0.39, 0.29) is 5.97 Å². The summed E-state index contributed by atoms with van der Waals surface area (Å²) in [6.45, 7) is 1.92. The van der Waals surface area contributed by atoms with Crippen molar-refractivity contribution in [1.29, 1.82) is 0 Å². The number of nitrogen functional groups attached to an aromatic ring is 1. The number of unbranched alkanes of at least 4 members (excludes halogenated alkanes) is 1.